The van der Waals surface area contributed by atoms with Gasteiger partial charge in [0.1, 0.15) is 10.7 Å². The molecule has 2 atom stereocenters. The highest BCUT2D eigenvalue weighted by Crippen LogP contribution is 2.33. The number of hydrogen-bond acceptors (Lipinski definition) is 9. The normalized spacial score (nSPS) is 21.6. The molecule has 26 heavy (non-hydrogen) atoms. The molecular formula is C15H16F2N6O2S. The Morgan fingerprint density at radius 1 is 1.35 bits per heavy atom. The molecule has 138 valence electrons. The van der Waals surface area contributed by atoms with Crippen LogP contribution in [0, 0.1) is 0 Å². The van der Waals surface area contributed by atoms with E-state index in [2.05, 4.69) is 29.6 Å². The van der Waals surface area contributed by atoms with Gasteiger partial charge in [-0.15, -0.1) is 11.8 Å². The molecule has 0 unspecified atom stereocenters. The van der Waals surface area contributed by atoms with Crippen LogP contribution in [0.25, 0.3) is 11.4 Å². The Hall–Kier alpha value is -2.27. The first kappa shape index (κ1) is 17.2. The van der Waals surface area contributed by atoms with E-state index in [0.717, 1.165) is 18.0 Å². The molecule has 2 aliphatic rings. The zero-order valence-electron chi connectivity index (χ0n) is 13.8. The predicted molar refractivity (Wildman–Crippen MR) is 91.4 cm³/mol. The monoisotopic (exact) mass is 382 g/mol. The second kappa shape index (κ2) is 6.80. The number of halogens is 2. The van der Waals surface area contributed by atoms with E-state index < -0.39 is 12.5 Å². The van der Waals surface area contributed by atoms with Gasteiger partial charge in [0, 0.05) is 6.54 Å². The molecule has 2 aromatic rings. The summed E-state index contributed by atoms with van der Waals surface area (Å²) in [6.07, 6.45) is 4.43. The first-order valence-electron chi connectivity index (χ1n) is 7.92. The lowest BCUT2D eigenvalue weighted by Crippen LogP contribution is -2.38. The second-order valence-corrected chi connectivity index (χ2v) is 6.74. The fraction of sp³-hybridized carbons (Fsp3) is 0.467. The fourth-order valence-electron chi connectivity index (χ4n) is 3.10. The summed E-state index contributed by atoms with van der Waals surface area (Å²) in [4.78, 5) is 19.2. The summed E-state index contributed by atoms with van der Waals surface area (Å²) in [5.41, 5.74) is 6.31. The maximum atomic E-state index is 12.5. The Morgan fingerprint density at radius 3 is 2.85 bits per heavy atom. The first-order chi connectivity index (χ1) is 12.5. The van der Waals surface area contributed by atoms with Crippen LogP contribution in [-0.2, 0) is 4.74 Å². The zero-order chi connectivity index (χ0) is 18.3. The van der Waals surface area contributed by atoms with Crippen molar-refractivity contribution in [2.45, 2.75) is 30.2 Å². The molecule has 4 heterocycles. The lowest BCUT2D eigenvalue weighted by molar-refractivity contribution is -0.0524. The number of morpholine rings is 1. The number of anilines is 2. The average Bonchev–Trinajstić information content (AvgIpc) is 3.26. The van der Waals surface area contributed by atoms with Crippen molar-refractivity contribution in [1.82, 2.24) is 19.9 Å². The van der Waals surface area contributed by atoms with Gasteiger partial charge in [-0.05, 0) is 18.7 Å². The minimum atomic E-state index is -3.04. The number of nitrogens with zero attached hydrogens (tertiary/aromatic N) is 5. The number of nitrogens with two attached hydrogens (primary N) is 1. The number of aromatic nitrogens is 4. The topological polar surface area (TPSA) is 99.3 Å². The van der Waals surface area contributed by atoms with Gasteiger partial charge in [0.25, 0.3) is 5.88 Å². The molecule has 2 N–H and O–H groups in total. The third-order valence-electron chi connectivity index (χ3n) is 4.29. The number of ether oxygens (including phenoxy) is 2. The van der Waals surface area contributed by atoms with Gasteiger partial charge in [-0.3, -0.25) is 0 Å². The van der Waals surface area contributed by atoms with Gasteiger partial charge in [0.15, 0.2) is 5.82 Å². The third-order valence-corrected chi connectivity index (χ3v) is 4.91. The van der Waals surface area contributed by atoms with Crippen LogP contribution in [0.3, 0.4) is 0 Å². The number of fused-ring (bicyclic) bond motifs is 2. The van der Waals surface area contributed by atoms with E-state index in [1.54, 1.807) is 6.07 Å². The molecule has 0 spiro atoms. The first-order valence-corrected chi connectivity index (χ1v) is 9.15. The smallest absolute Gasteiger partial charge is 0.388 e. The van der Waals surface area contributed by atoms with Crippen LogP contribution >= 0.6 is 11.8 Å². The van der Waals surface area contributed by atoms with Gasteiger partial charge in [-0.25, -0.2) is 19.9 Å². The molecule has 0 aromatic carbocycles. The molecule has 0 saturated carbocycles. The maximum Gasteiger partial charge on any atom is 0.388 e. The van der Waals surface area contributed by atoms with E-state index in [1.807, 2.05) is 6.26 Å². The molecule has 2 fully saturated rings. The molecule has 2 saturated heterocycles. The van der Waals surface area contributed by atoms with Crippen molar-refractivity contribution in [3.63, 3.8) is 0 Å². The zero-order valence-corrected chi connectivity index (χ0v) is 14.6. The quantitative estimate of drug-likeness (QED) is 0.613. The summed E-state index contributed by atoms with van der Waals surface area (Å²) in [6.45, 7) is -1.65. The highest BCUT2D eigenvalue weighted by Gasteiger charge is 2.40. The lowest BCUT2D eigenvalue weighted by atomic mass is 10.2. The van der Waals surface area contributed by atoms with Crippen LogP contribution in [-0.4, -0.2) is 58.1 Å². The summed E-state index contributed by atoms with van der Waals surface area (Å²) in [5.74, 6) is -0.0583. The van der Waals surface area contributed by atoms with Gasteiger partial charge < -0.3 is 20.1 Å². The highest BCUT2D eigenvalue weighted by atomic mass is 32.2. The summed E-state index contributed by atoms with van der Waals surface area (Å²) in [6, 6.07) is 1.98. The fourth-order valence-corrected chi connectivity index (χ4v) is 3.50. The van der Waals surface area contributed by atoms with E-state index in [0.29, 0.717) is 18.2 Å². The van der Waals surface area contributed by atoms with Crippen molar-refractivity contribution in [2.75, 3.05) is 30.0 Å². The number of rotatable bonds is 5. The van der Waals surface area contributed by atoms with E-state index in [9.17, 15) is 8.78 Å². The minimum absolute atomic E-state index is 0.201. The number of alkyl halides is 2. The standard InChI is InChI=1S/C15H16F2N6O2S/c1-26-11-3-9(10-4-19-12(18)13(20-10)25-14(16)17)21-15(22-11)23-5-8-2-7(23)6-24-8/h3-4,7-8,14H,2,5-6H2,1H3,(H2,18,19)/t7-,8-/m0/s1. The molecule has 4 rings (SSSR count). The van der Waals surface area contributed by atoms with Gasteiger partial charge in [-0.2, -0.15) is 8.78 Å². The molecule has 11 heteroatoms. The van der Waals surface area contributed by atoms with Crippen molar-refractivity contribution in [3.8, 4) is 17.3 Å². The minimum Gasteiger partial charge on any atom is -0.413 e. The van der Waals surface area contributed by atoms with Crippen LogP contribution in [0.5, 0.6) is 5.88 Å². The Labute approximate surface area is 152 Å². The third kappa shape index (κ3) is 3.23. The SMILES string of the molecule is CSc1cc(-c2cnc(N)c(OC(F)F)n2)nc(N2C[C@@H]3C[C@H]2CO3)n1. The molecule has 0 radical (unpaired) electrons. The van der Waals surface area contributed by atoms with E-state index in [-0.39, 0.29) is 23.7 Å². The molecule has 2 aromatic heterocycles. The van der Waals surface area contributed by atoms with Crippen molar-refractivity contribution in [3.05, 3.63) is 12.3 Å². The summed E-state index contributed by atoms with van der Waals surface area (Å²) in [7, 11) is 0. The Morgan fingerprint density at radius 2 is 2.19 bits per heavy atom. The van der Waals surface area contributed by atoms with Crippen molar-refractivity contribution < 1.29 is 18.3 Å². The summed E-state index contributed by atoms with van der Waals surface area (Å²) >= 11 is 1.46. The van der Waals surface area contributed by atoms with E-state index in [1.165, 1.54) is 18.0 Å². The molecule has 2 aliphatic heterocycles. The predicted octanol–water partition coefficient (Wildman–Crippen LogP) is 1.82. The van der Waals surface area contributed by atoms with Gasteiger partial charge in [0.2, 0.25) is 5.95 Å². The lowest BCUT2D eigenvalue weighted by Gasteiger charge is -2.27. The van der Waals surface area contributed by atoms with E-state index in [4.69, 9.17) is 10.5 Å². The second-order valence-electron chi connectivity index (χ2n) is 5.92. The molecular weight excluding hydrogens is 366 g/mol. The summed E-state index contributed by atoms with van der Waals surface area (Å²) < 4.78 is 35.0. The van der Waals surface area contributed by atoms with Crippen LogP contribution in [0.4, 0.5) is 20.5 Å². The molecule has 2 bridgehead atoms. The van der Waals surface area contributed by atoms with Crippen molar-refractivity contribution in [1.29, 1.82) is 0 Å². The number of thioether (sulfide) groups is 1. The van der Waals surface area contributed by atoms with Gasteiger partial charge in [-0.1, -0.05) is 0 Å². The molecule has 8 nitrogen and oxygen atoms in total. The largest absolute Gasteiger partial charge is 0.413 e. The summed E-state index contributed by atoms with van der Waals surface area (Å²) in [5, 5.41) is 0.739. The molecule has 0 aliphatic carbocycles. The molecule has 0 amide bonds. The van der Waals surface area contributed by atoms with Gasteiger partial charge in [0.05, 0.1) is 30.6 Å². The van der Waals surface area contributed by atoms with Crippen molar-refractivity contribution in [2.24, 2.45) is 0 Å². The maximum absolute atomic E-state index is 12.5. The van der Waals surface area contributed by atoms with Gasteiger partial charge >= 0.3 is 6.61 Å². The van der Waals surface area contributed by atoms with Crippen LogP contribution in [0.15, 0.2) is 17.3 Å². The van der Waals surface area contributed by atoms with Crippen LogP contribution in [0.1, 0.15) is 6.42 Å². The highest BCUT2D eigenvalue weighted by molar-refractivity contribution is 7.98. The Balaban J connectivity index is 1.71. The number of hydrogen-bond donors (Lipinski definition) is 1. The number of nitrogen functional groups attached to an aromatic ring is 1. The van der Waals surface area contributed by atoms with E-state index >= 15 is 0 Å². The van der Waals surface area contributed by atoms with Crippen LogP contribution in [0.2, 0.25) is 0 Å². The van der Waals surface area contributed by atoms with Crippen molar-refractivity contribution >= 4 is 23.5 Å². The Bertz CT molecular complexity index is 827. The van der Waals surface area contributed by atoms with Crippen LogP contribution < -0.4 is 15.4 Å². The Kier molecular flexibility index (Phi) is 4.49. The average molecular weight is 382 g/mol.